The summed E-state index contributed by atoms with van der Waals surface area (Å²) in [6.07, 6.45) is 3.23. The summed E-state index contributed by atoms with van der Waals surface area (Å²) in [7, 11) is 4.07. The lowest BCUT2D eigenvalue weighted by atomic mass is 10.0. The monoisotopic (exact) mass is 241 g/mol. The molecular formula is C13H27N3O. The molecule has 2 N–H and O–H groups in total. The maximum atomic E-state index is 12.0. The Kier molecular flexibility index (Phi) is 5.92. The number of carbonyl (C=O) groups excluding carboxylic acids is 1. The Labute approximate surface area is 105 Å². The van der Waals surface area contributed by atoms with Crippen molar-refractivity contribution < 1.29 is 4.79 Å². The van der Waals surface area contributed by atoms with Gasteiger partial charge in [-0.2, -0.15) is 0 Å². The van der Waals surface area contributed by atoms with Gasteiger partial charge < -0.3 is 15.5 Å². The highest BCUT2D eigenvalue weighted by Crippen LogP contribution is 2.18. The predicted molar refractivity (Wildman–Crippen MR) is 70.7 cm³/mol. The average molecular weight is 241 g/mol. The van der Waals surface area contributed by atoms with Gasteiger partial charge in [0.2, 0.25) is 5.91 Å². The van der Waals surface area contributed by atoms with Crippen molar-refractivity contribution in [3.8, 4) is 0 Å². The minimum Gasteiger partial charge on any atom is -0.345 e. The Hall–Kier alpha value is -0.610. The molecule has 1 aliphatic heterocycles. The highest BCUT2D eigenvalue weighted by Gasteiger charge is 2.22. The van der Waals surface area contributed by atoms with Gasteiger partial charge in [0.25, 0.3) is 0 Å². The highest BCUT2D eigenvalue weighted by atomic mass is 16.2. The second-order valence-corrected chi connectivity index (χ2v) is 5.31. The van der Waals surface area contributed by atoms with Crippen LogP contribution in [0.1, 0.15) is 26.2 Å². The first-order chi connectivity index (χ1) is 8.08. The number of carbonyl (C=O) groups is 1. The van der Waals surface area contributed by atoms with Crippen molar-refractivity contribution in [2.45, 2.75) is 26.2 Å². The largest absolute Gasteiger partial charge is 0.345 e. The molecule has 0 aliphatic carbocycles. The molecular weight excluding hydrogens is 214 g/mol. The molecule has 17 heavy (non-hydrogen) atoms. The van der Waals surface area contributed by atoms with E-state index in [1.54, 1.807) is 0 Å². The SMILES string of the molecule is CCC(CN)C(=O)N(C)CCC1CCN(C)C1. The molecule has 1 fully saturated rings. The molecule has 0 aromatic rings. The summed E-state index contributed by atoms with van der Waals surface area (Å²) >= 11 is 0. The zero-order valence-corrected chi connectivity index (χ0v) is 11.5. The van der Waals surface area contributed by atoms with Crippen molar-refractivity contribution in [2.24, 2.45) is 17.6 Å². The molecule has 0 radical (unpaired) electrons. The van der Waals surface area contributed by atoms with Gasteiger partial charge in [0, 0.05) is 26.7 Å². The molecule has 2 unspecified atom stereocenters. The summed E-state index contributed by atoms with van der Waals surface area (Å²) in [6.45, 7) is 5.73. The van der Waals surface area contributed by atoms with E-state index in [0.717, 1.165) is 25.3 Å². The average Bonchev–Trinajstić information content (AvgIpc) is 2.73. The summed E-state index contributed by atoms with van der Waals surface area (Å²) in [5.74, 6) is 0.973. The fourth-order valence-electron chi connectivity index (χ4n) is 2.50. The van der Waals surface area contributed by atoms with Crippen molar-refractivity contribution in [1.29, 1.82) is 0 Å². The first kappa shape index (κ1) is 14.5. The third kappa shape index (κ3) is 4.28. The van der Waals surface area contributed by atoms with Crippen LogP contribution in [-0.4, -0.2) is 56.0 Å². The number of likely N-dealkylation sites (tertiary alicyclic amines) is 1. The van der Waals surface area contributed by atoms with Crippen LogP contribution in [0.25, 0.3) is 0 Å². The van der Waals surface area contributed by atoms with E-state index in [-0.39, 0.29) is 11.8 Å². The molecule has 1 aliphatic rings. The van der Waals surface area contributed by atoms with E-state index >= 15 is 0 Å². The number of hydrogen-bond acceptors (Lipinski definition) is 3. The van der Waals surface area contributed by atoms with Gasteiger partial charge >= 0.3 is 0 Å². The molecule has 0 bridgehead atoms. The topological polar surface area (TPSA) is 49.6 Å². The van der Waals surface area contributed by atoms with E-state index < -0.39 is 0 Å². The zero-order chi connectivity index (χ0) is 12.8. The van der Waals surface area contributed by atoms with Gasteiger partial charge in [-0.25, -0.2) is 0 Å². The van der Waals surface area contributed by atoms with Crippen LogP contribution in [0.5, 0.6) is 0 Å². The van der Waals surface area contributed by atoms with Crippen LogP contribution < -0.4 is 5.73 Å². The van der Waals surface area contributed by atoms with Gasteiger partial charge in [0.1, 0.15) is 0 Å². The number of rotatable bonds is 6. The lowest BCUT2D eigenvalue weighted by molar-refractivity contribution is -0.134. The van der Waals surface area contributed by atoms with E-state index in [1.807, 2.05) is 18.9 Å². The molecule has 4 nitrogen and oxygen atoms in total. The second kappa shape index (κ2) is 6.97. The van der Waals surface area contributed by atoms with Gasteiger partial charge in [-0.1, -0.05) is 6.92 Å². The lowest BCUT2D eigenvalue weighted by Crippen LogP contribution is -2.37. The maximum absolute atomic E-state index is 12.0. The summed E-state index contributed by atoms with van der Waals surface area (Å²) in [4.78, 5) is 16.2. The van der Waals surface area contributed by atoms with E-state index in [9.17, 15) is 4.79 Å². The molecule has 1 rings (SSSR count). The number of amides is 1. The second-order valence-electron chi connectivity index (χ2n) is 5.31. The third-order valence-corrected chi connectivity index (χ3v) is 3.86. The predicted octanol–water partition coefficient (Wildman–Crippen LogP) is 0.772. The summed E-state index contributed by atoms with van der Waals surface area (Å²) in [5.41, 5.74) is 5.60. The Morgan fingerprint density at radius 1 is 1.59 bits per heavy atom. The Morgan fingerprint density at radius 2 is 2.29 bits per heavy atom. The van der Waals surface area contributed by atoms with Crippen molar-refractivity contribution in [3.63, 3.8) is 0 Å². The molecule has 4 heteroatoms. The molecule has 0 aromatic heterocycles. The van der Waals surface area contributed by atoms with E-state index in [4.69, 9.17) is 5.73 Å². The minimum absolute atomic E-state index is 0.00579. The summed E-state index contributed by atoms with van der Waals surface area (Å²) < 4.78 is 0. The molecule has 0 aromatic carbocycles. The van der Waals surface area contributed by atoms with Crippen LogP contribution in [0.15, 0.2) is 0 Å². The quantitative estimate of drug-likeness (QED) is 0.747. The van der Waals surface area contributed by atoms with Crippen molar-refractivity contribution in [3.05, 3.63) is 0 Å². The third-order valence-electron chi connectivity index (χ3n) is 3.86. The van der Waals surface area contributed by atoms with Crippen LogP contribution in [0.2, 0.25) is 0 Å². The van der Waals surface area contributed by atoms with Gasteiger partial charge in [-0.15, -0.1) is 0 Å². The van der Waals surface area contributed by atoms with Gasteiger partial charge in [0.15, 0.2) is 0 Å². The maximum Gasteiger partial charge on any atom is 0.226 e. The normalized spacial score (nSPS) is 22.7. The van der Waals surface area contributed by atoms with Crippen molar-refractivity contribution in [2.75, 3.05) is 40.3 Å². The Balaban J connectivity index is 2.28. The fourth-order valence-corrected chi connectivity index (χ4v) is 2.50. The summed E-state index contributed by atoms with van der Waals surface area (Å²) in [6, 6.07) is 0. The fraction of sp³-hybridized carbons (Fsp3) is 0.923. The molecule has 0 saturated carbocycles. The van der Waals surface area contributed by atoms with Gasteiger partial charge in [0.05, 0.1) is 5.92 Å². The molecule has 0 spiro atoms. The van der Waals surface area contributed by atoms with Gasteiger partial charge in [-0.05, 0) is 38.8 Å². The first-order valence-corrected chi connectivity index (χ1v) is 6.72. The minimum atomic E-state index is 0.00579. The van der Waals surface area contributed by atoms with E-state index in [2.05, 4.69) is 11.9 Å². The number of hydrogen-bond donors (Lipinski definition) is 1. The Bertz CT molecular complexity index is 241. The first-order valence-electron chi connectivity index (χ1n) is 6.72. The molecule has 1 heterocycles. The van der Waals surface area contributed by atoms with E-state index in [1.165, 1.54) is 19.5 Å². The molecule has 100 valence electrons. The van der Waals surface area contributed by atoms with Crippen molar-refractivity contribution >= 4 is 5.91 Å². The smallest absolute Gasteiger partial charge is 0.226 e. The van der Waals surface area contributed by atoms with Crippen LogP contribution in [0.4, 0.5) is 0 Å². The van der Waals surface area contributed by atoms with E-state index in [0.29, 0.717) is 6.54 Å². The van der Waals surface area contributed by atoms with Crippen molar-refractivity contribution in [1.82, 2.24) is 9.80 Å². The van der Waals surface area contributed by atoms with Crippen LogP contribution in [-0.2, 0) is 4.79 Å². The highest BCUT2D eigenvalue weighted by molar-refractivity contribution is 5.78. The van der Waals surface area contributed by atoms with Crippen LogP contribution in [0, 0.1) is 11.8 Å². The Morgan fingerprint density at radius 3 is 2.76 bits per heavy atom. The van der Waals surface area contributed by atoms with Gasteiger partial charge in [-0.3, -0.25) is 4.79 Å². The zero-order valence-electron chi connectivity index (χ0n) is 11.5. The lowest BCUT2D eigenvalue weighted by Gasteiger charge is -2.23. The summed E-state index contributed by atoms with van der Waals surface area (Å²) in [5, 5.41) is 0. The number of nitrogens with zero attached hydrogens (tertiary/aromatic N) is 2. The van der Waals surface area contributed by atoms with Crippen LogP contribution >= 0.6 is 0 Å². The molecule has 1 saturated heterocycles. The van der Waals surface area contributed by atoms with Crippen LogP contribution in [0.3, 0.4) is 0 Å². The standard InChI is InChI=1S/C13H27N3O/c1-4-12(9-14)13(17)16(3)8-6-11-5-7-15(2)10-11/h11-12H,4-10,14H2,1-3H3. The number of nitrogens with two attached hydrogens (primary N) is 1. The molecule has 2 atom stereocenters. The molecule has 1 amide bonds.